The molecule has 0 unspecified atom stereocenters. The van der Waals surface area contributed by atoms with Crippen LogP contribution in [0.2, 0.25) is 0 Å². The molecular weight excluding hydrogens is 1540 g/mol. The Labute approximate surface area is 606 Å². The van der Waals surface area contributed by atoms with Gasteiger partial charge in [-0.2, -0.15) is 0 Å². The predicted octanol–water partition coefficient (Wildman–Crippen LogP) is 4.71. The van der Waals surface area contributed by atoms with E-state index in [1.807, 2.05) is 249 Å². The molecule has 12 nitrogen and oxygen atoms in total. The van der Waals surface area contributed by atoms with Crippen molar-refractivity contribution >= 4 is 0 Å². The van der Waals surface area contributed by atoms with Crippen molar-refractivity contribution in [2.24, 2.45) is 65.0 Å². The van der Waals surface area contributed by atoms with Crippen molar-refractivity contribution in [2.45, 2.75) is 249 Å². The van der Waals surface area contributed by atoms with Crippen LogP contribution in [0.5, 0.6) is 0 Å². The Morgan fingerprint density at radius 3 is 0.132 bits per heavy atom. The van der Waals surface area contributed by atoms with E-state index in [0.717, 1.165) is 0 Å². The molecule has 0 saturated heterocycles. The molecule has 76 heavy (non-hydrogen) atoms. The molecule has 0 heterocycles. The molecule has 0 aliphatic heterocycles. The van der Waals surface area contributed by atoms with Crippen molar-refractivity contribution in [2.75, 3.05) is 79.3 Å². The maximum Gasteiger partial charge on any atom is 3.00 e. The molecule has 0 amide bonds. The maximum absolute atomic E-state index is 9.95. The zero-order chi connectivity index (χ0) is 62.5. The molecular formula is C60H132Gd4O12. The molecule has 0 aromatic heterocycles. The van der Waals surface area contributed by atoms with Crippen LogP contribution in [0.25, 0.3) is 0 Å². The van der Waals surface area contributed by atoms with E-state index in [4.69, 9.17) is 0 Å². The smallest absolute Gasteiger partial charge is 0.854 e. The van der Waals surface area contributed by atoms with Crippen LogP contribution in [0.1, 0.15) is 249 Å². The largest absolute Gasteiger partial charge is 3.00 e. The van der Waals surface area contributed by atoms with E-state index < -0.39 is 0 Å². The van der Waals surface area contributed by atoms with Gasteiger partial charge >= 0.3 is 160 Å². The van der Waals surface area contributed by atoms with Crippen molar-refractivity contribution in [1.29, 1.82) is 0 Å². The topological polar surface area (TPSA) is 277 Å². The Morgan fingerprint density at radius 1 is 0.118 bits per heavy atom. The van der Waals surface area contributed by atoms with Crippen LogP contribution in [0, 0.1) is 225 Å². The van der Waals surface area contributed by atoms with Crippen molar-refractivity contribution in [3.05, 3.63) is 0 Å². The van der Waals surface area contributed by atoms with Crippen molar-refractivity contribution in [3.8, 4) is 0 Å². The zero-order valence-corrected chi connectivity index (χ0v) is 65.9. The monoisotopic (exact) mass is 1680 g/mol. The van der Waals surface area contributed by atoms with Gasteiger partial charge in [-0.25, -0.2) is 0 Å². The molecule has 16 heteroatoms. The molecule has 476 valence electrons. The molecule has 0 bridgehead atoms. The Balaban J connectivity index is -0.0000000367. The first kappa shape index (κ1) is 123. The van der Waals surface area contributed by atoms with Crippen LogP contribution in [0.4, 0.5) is 0 Å². The summed E-state index contributed by atoms with van der Waals surface area (Å²) in [6.07, 6.45) is 0. The minimum absolute atomic E-state index is 0. The van der Waals surface area contributed by atoms with Crippen LogP contribution < -0.4 is 61.3 Å². The molecule has 0 aliphatic carbocycles. The van der Waals surface area contributed by atoms with Crippen LogP contribution >= 0.6 is 0 Å². The number of hydrogen-bond acceptors (Lipinski definition) is 12. The molecule has 0 aromatic carbocycles. The van der Waals surface area contributed by atoms with Crippen molar-refractivity contribution in [3.63, 3.8) is 0 Å². The molecule has 0 fully saturated rings. The van der Waals surface area contributed by atoms with Gasteiger partial charge in [-0.05, 0) is 0 Å². The molecule has 0 saturated carbocycles. The SMILES string of the molecule is CC(C)(C)C[O-].CC(C)(C)C[O-].CC(C)(C)C[O-].CC(C)(C)C[O-].CC(C)(C)C[O-].CC(C)(C)C[O-].CC(C)(C)C[O-].CC(C)(C)C[O-].CC(C)(C)C[O-].CC(C)(C)C[O-].CC(C)(C)C[O-].CC(C)(C)C[O-].[Gd+3].[Gd+3].[Gd+3].[Gd+3]. The summed E-state index contributed by atoms with van der Waals surface area (Å²) in [6, 6.07) is 0. The van der Waals surface area contributed by atoms with E-state index in [1.165, 1.54) is 0 Å². The van der Waals surface area contributed by atoms with E-state index in [0.29, 0.717) is 0 Å². The third-order valence-electron chi connectivity index (χ3n) is 5.20. The first-order chi connectivity index (χ1) is 30.7. The normalized spacial score (nSPS) is 11.4. The third-order valence-corrected chi connectivity index (χ3v) is 5.20. The molecule has 0 atom stereocenters. The fraction of sp³-hybridized carbons (Fsp3) is 1.00. The van der Waals surface area contributed by atoms with Gasteiger partial charge in [-0.1, -0.05) is 314 Å². The van der Waals surface area contributed by atoms with Crippen LogP contribution in [0.15, 0.2) is 0 Å². The number of rotatable bonds is 0. The summed E-state index contributed by atoms with van der Waals surface area (Å²) >= 11 is 0. The molecule has 4 radical (unpaired) electrons. The summed E-state index contributed by atoms with van der Waals surface area (Å²) in [6.45, 7) is 69.8. The van der Waals surface area contributed by atoms with E-state index >= 15 is 0 Å². The second-order valence-electron chi connectivity index (χ2n) is 32.5. The Morgan fingerprint density at radius 2 is 0.132 bits per heavy atom. The van der Waals surface area contributed by atoms with E-state index in [1.54, 1.807) is 0 Å². The van der Waals surface area contributed by atoms with Crippen LogP contribution in [0.3, 0.4) is 0 Å². The van der Waals surface area contributed by atoms with Gasteiger partial charge in [-0.15, -0.1) is 79.3 Å². The van der Waals surface area contributed by atoms with Gasteiger partial charge in [0.1, 0.15) is 0 Å². The van der Waals surface area contributed by atoms with Gasteiger partial charge in [0.25, 0.3) is 0 Å². The molecule has 0 aromatic rings. The fourth-order valence-corrected chi connectivity index (χ4v) is 0. The summed E-state index contributed by atoms with van der Waals surface area (Å²) in [5.41, 5.74) is -0.167. The summed E-state index contributed by atoms with van der Waals surface area (Å²) in [5, 5.41) is 119. The van der Waals surface area contributed by atoms with E-state index in [-0.39, 0.29) is 304 Å². The second-order valence-corrected chi connectivity index (χ2v) is 32.5. The number of hydrogen-bond donors (Lipinski definition) is 0. The minimum atomic E-state index is -0.0139. The Kier molecular flexibility index (Phi) is 101. The van der Waals surface area contributed by atoms with Gasteiger partial charge in [0.05, 0.1) is 0 Å². The Bertz CT molecular complexity index is 728. The van der Waals surface area contributed by atoms with Gasteiger partial charge in [0.2, 0.25) is 0 Å². The quantitative estimate of drug-likeness (QED) is 0.319. The van der Waals surface area contributed by atoms with Gasteiger partial charge in [-0.3, -0.25) is 0 Å². The molecule has 0 N–H and O–H groups in total. The maximum atomic E-state index is 9.95. The molecule has 0 rings (SSSR count). The van der Waals surface area contributed by atoms with E-state index in [2.05, 4.69) is 0 Å². The average molecular weight is 1670 g/mol. The predicted molar refractivity (Wildman–Crippen MR) is 292 cm³/mol. The summed E-state index contributed by atoms with van der Waals surface area (Å²) in [7, 11) is 0. The summed E-state index contributed by atoms with van der Waals surface area (Å²) in [4.78, 5) is 0. The van der Waals surface area contributed by atoms with Gasteiger partial charge in [0.15, 0.2) is 0 Å². The molecule has 0 aliphatic rings. The van der Waals surface area contributed by atoms with Crippen LogP contribution in [-0.2, 0) is 0 Å². The Hall–Kier alpha value is 4.82. The second kappa shape index (κ2) is 62.9. The van der Waals surface area contributed by atoms with E-state index in [9.17, 15) is 61.3 Å². The minimum Gasteiger partial charge on any atom is -0.854 e. The standard InChI is InChI=1S/12C5H11O.4Gd/c12*1-5(2,3)4-6;;;;/h12*4H2,1-3H3;;;;/q12*-1;4*+3. The zero-order valence-electron chi connectivity index (χ0n) is 56.8. The average Bonchev–Trinajstić information content (AvgIpc) is 3.17. The third kappa shape index (κ3) is 286. The molecule has 0 spiro atoms. The summed E-state index contributed by atoms with van der Waals surface area (Å²) < 4.78 is 0. The van der Waals surface area contributed by atoms with Crippen LogP contribution in [-0.4, -0.2) is 79.3 Å². The van der Waals surface area contributed by atoms with Crippen molar-refractivity contribution < 1.29 is 221 Å². The first-order valence-electron chi connectivity index (χ1n) is 25.7. The van der Waals surface area contributed by atoms with Crippen molar-refractivity contribution in [1.82, 2.24) is 0 Å². The van der Waals surface area contributed by atoms with Gasteiger partial charge < -0.3 is 61.3 Å². The first-order valence-corrected chi connectivity index (χ1v) is 25.7. The van der Waals surface area contributed by atoms with Gasteiger partial charge in [0, 0.05) is 0 Å². The fourth-order valence-electron chi connectivity index (χ4n) is 0. The summed E-state index contributed by atoms with van der Waals surface area (Å²) in [5.74, 6) is 0.